The van der Waals surface area contributed by atoms with Crippen LogP contribution < -0.4 is 5.32 Å². The van der Waals surface area contributed by atoms with Gasteiger partial charge < -0.3 is 10.1 Å². The number of carbonyl (C=O) groups is 1. The molecule has 3 heteroatoms. The number of carbonyl (C=O) groups excluding carboxylic acids is 1. The van der Waals surface area contributed by atoms with Crippen LogP contribution in [0.15, 0.2) is 0 Å². The SMILES string of the molecule is CCC(=O)NCC1(C)CCOCC1. The zero-order valence-corrected chi connectivity index (χ0v) is 8.56. The summed E-state index contributed by atoms with van der Waals surface area (Å²) in [6.45, 7) is 6.55. The Hall–Kier alpha value is -0.570. The van der Waals surface area contributed by atoms with Crippen molar-refractivity contribution in [2.75, 3.05) is 19.8 Å². The molecule has 1 fully saturated rings. The van der Waals surface area contributed by atoms with Crippen LogP contribution in [0.5, 0.6) is 0 Å². The second kappa shape index (κ2) is 4.61. The summed E-state index contributed by atoms with van der Waals surface area (Å²) in [5.74, 6) is 0.146. The van der Waals surface area contributed by atoms with E-state index in [1.165, 1.54) is 0 Å². The maximum Gasteiger partial charge on any atom is 0.219 e. The maximum atomic E-state index is 11.1. The van der Waals surface area contributed by atoms with E-state index in [4.69, 9.17) is 4.74 Å². The molecule has 0 aliphatic carbocycles. The van der Waals surface area contributed by atoms with Crippen molar-refractivity contribution in [1.82, 2.24) is 5.32 Å². The molecule has 1 N–H and O–H groups in total. The third kappa shape index (κ3) is 3.35. The summed E-state index contributed by atoms with van der Waals surface area (Å²) in [7, 11) is 0. The minimum atomic E-state index is 0.146. The maximum absolute atomic E-state index is 11.1. The third-order valence-electron chi connectivity index (χ3n) is 2.73. The summed E-state index contributed by atoms with van der Waals surface area (Å²) in [6.07, 6.45) is 2.68. The van der Waals surface area contributed by atoms with E-state index in [-0.39, 0.29) is 11.3 Å². The molecule has 0 radical (unpaired) electrons. The lowest BCUT2D eigenvalue weighted by atomic mass is 9.82. The van der Waals surface area contributed by atoms with Crippen LogP contribution in [0.3, 0.4) is 0 Å². The molecule has 0 aromatic heterocycles. The quantitative estimate of drug-likeness (QED) is 0.720. The van der Waals surface area contributed by atoms with Gasteiger partial charge in [0, 0.05) is 26.2 Å². The van der Waals surface area contributed by atoms with Gasteiger partial charge in [0.25, 0.3) is 0 Å². The Bertz CT molecular complexity index is 174. The highest BCUT2D eigenvalue weighted by atomic mass is 16.5. The van der Waals surface area contributed by atoms with Crippen molar-refractivity contribution in [2.45, 2.75) is 33.1 Å². The first-order valence-electron chi connectivity index (χ1n) is 5.01. The van der Waals surface area contributed by atoms with E-state index in [0.717, 1.165) is 32.6 Å². The number of hydrogen-bond acceptors (Lipinski definition) is 2. The summed E-state index contributed by atoms with van der Waals surface area (Å²) in [5, 5.41) is 2.95. The monoisotopic (exact) mass is 185 g/mol. The van der Waals surface area contributed by atoms with Gasteiger partial charge >= 0.3 is 0 Å². The van der Waals surface area contributed by atoms with Gasteiger partial charge in [0.2, 0.25) is 5.91 Å². The van der Waals surface area contributed by atoms with Crippen molar-refractivity contribution < 1.29 is 9.53 Å². The molecule has 0 aromatic rings. The zero-order chi connectivity index (χ0) is 9.73. The molecule has 1 saturated heterocycles. The van der Waals surface area contributed by atoms with Gasteiger partial charge in [0.05, 0.1) is 0 Å². The van der Waals surface area contributed by atoms with Crippen molar-refractivity contribution in [2.24, 2.45) is 5.41 Å². The molecule has 76 valence electrons. The molecule has 13 heavy (non-hydrogen) atoms. The summed E-state index contributed by atoms with van der Waals surface area (Å²) in [4.78, 5) is 11.1. The molecule has 0 bridgehead atoms. The Kier molecular flexibility index (Phi) is 3.72. The fraction of sp³-hybridized carbons (Fsp3) is 0.900. The zero-order valence-electron chi connectivity index (χ0n) is 8.56. The van der Waals surface area contributed by atoms with Crippen LogP contribution >= 0.6 is 0 Å². The van der Waals surface area contributed by atoms with Gasteiger partial charge in [-0.05, 0) is 18.3 Å². The molecule has 1 aliphatic rings. The number of rotatable bonds is 3. The predicted octanol–water partition coefficient (Wildman–Crippen LogP) is 1.33. The average molecular weight is 185 g/mol. The molecule has 1 aliphatic heterocycles. The first kappa shape index (κ1) is 10.5. The van der Waals surface area contributed by atoms with Crippen molar-refractivity contribution in [1.29, 1.82) is 0 Å². The van der Waals surface area contributed by atoms with Gasteiger partial charge in [-0.15, -0.1) is 0 Å². The first-order chi connectivity index (χ1) is 6.16. The Balaban J connectivity index is 2.28. The summed E-state index contributed by atoms with van der Waals surface area (Å²) < 4.78 is 5.29. The van der Waals surface area contributed by atoms with Crippen molar-refractivity contribution >= 4 is 5.91 Å². The van der Waals surface area contributed by atoms with E-state index in [0.29, 0.717) is 6.42 Å². The molecule has 1 amide bonds. The smallest absolute Gasteiger partial charge is 0.219 e. The van der Waals surface area contributed by atoms with E-state index in [1.807, 2.05) is 6.92 Å². The molecule has 0 atom stereocenters. The minimum absolute atomic E-state index is 0.146. The highest BCUT2D eigenvalue weighted by Crippen LogP contribution is 2.28. The fourth-order valence-corrected chi connectivity index (χ4v) is 1.48. The molecule has 0 unspecified atom stereocenters. The summed E-state index contributed by atoms with van der Waals surface area (Å²) in [6, 6.07) is 0. The second-order valence-electron chi connectivity index (χ2n) is 4.05. The average Bonchev–Trinajstić information content (AvgIpc) is 2.15. The molecule has 0 saturated carbocycles. The first-order valence-corrected chi connectivity index (χ1v) is 5.01. The molecule has 0 aromatic carbocycles. The summed E-state index contributed by atoms with van der Waals surface area (Å²) in [5.41, 5.74) is 0.253. The van der Waals surface area contributed by atoms with Crippen molar-refractivity contribution in [3.63, 3.8) is 0 Å². The Morgan fingerprint density at radius 1 is 1.46 bits per heavy atom. The van der Waals surface area contributed by atoms with Gasteiger partial charge in [-0.1, -0.05) is 13.8 Å². The van der Waals surface area contributed by atoms with Crippen LogP contribution in [0.2, 0.25) is 0 Å². The van der Waals surface area contributed by atoms with Crippen molar-refractivity contribution in [3.8, 4) is 0 Å². The second-order valence-corrected chi connectivity index (χ2v) is 4.05. The largest absolute Gasteiger partial charge is 0.381 e. The van der Waals surface area contributed by atoms with Gasteiger partial charge in [-0.2, -0.15) is 0 Å². The lowest BCUT2D eigenvalue weighted by Gasteiger charge is -2.33. The Morgan fingerprint density at radius 3 is 2.62 bits per heavy atom. The Labute approximate surface area is 79.8 Å². The predicted molar refractivity (Wildman–Crippen MR) is 51.5 cm³/mol. The molecular weight excluding hydrogens is 166 g/mol. The number of nitrogens with one attached hydrogen (secondary N) is 1. The molecule has 1 rings (SSSR count). The molecule has 0 spiro atoms. The molecular formula is C10H19NO2. The normalized spacial score (nSPS) is 21.1. The lowest BCUT2D eigenvalue weighted by molar-refractivity contribution is -0.121. The van der Waals surface area contributed by atoms with Gasteiger partial charge in [-0.25, -0.2) is 0 Å². The van der Waals surface area contributed by atoms with E-state index in [2.05, 4.69) is 12.2 Å². The third-order valence-corrected chi connectivity index (χ3v) is 2.73. The van der Waals surface area contributed by atoms with Gasteiger partial charge in [-0.3, -0.25) is 4.79 Å². The van der Waals surface area contributed by atoms with Crippen molar-refractivity contribution in [3.05, 3.63) is 0 Å². The van der Waals surface area contributed by atoms with Crippen LogP contribution in [-0.2, 0) is 9.53 Å². The standard InChI is InChI=1S/C10H19NO2/c1-3-9(12)11-8-10(2)4-6-13-7-5-10/h3-8H2,1-2H3,(H,11,12). The van der Waals surface area contributed by atoms with Crippen LogP contribution in [0.25, 0.3) is 0 Å². The molecule has 1 heterocycles. The Morgan fingerprint density at radius 2 is 2.08 bits per heavy atom. The van der Waals surface area contributed by atoms with Crippen LogP contribution in [0, 0.1) is 5.41 Å². The fourth-order valence-electron chi connectivity index (χ4n) is 1.48. The lowest BCUT2D eigenvalue weighted by Crippen LogP contribution is -2.39. The van der Waals surface area contributed by atoms with E-state index < -0.39 is 0 Å². The van der Waals surface area contributed by atoms with Crippen LogP contribution in [0.4, 0.5) is 0 Å². The molecule has 3 nitrogen and oxygen atoms in total. The summed E-state index contributed by atoms with van der Waals surface area (Å²) >= 11 is 0. The number of hydrogen-bond donors (Lipinski definition) is 1. The highest BCUT2D eigenvalue weighted by Gasteiger charge is 2.27. The van der Waals surface area contributed by atoms with Crippen LogP contribution in [-0.4, -0.2) is 25.7 Å². The number of ether oxygens (including phenoxy) is 1. The van der Waals surface area contributed by atoms with Gasteiger partial charge in [0.1, 0.15) is 0 Å². The van der Waals surface area contributed by atoms with Crippen LogP contribution in [0.1, 0.15) is 33.1 Å². The van der Waals surface area contributed by atoms with Gasteiger partial charge in [0.15, 0.2) is 0 Å². The van der Waals surface area contributed by atoms with E-state index >= 15 is 0 Å². The minimum Gasteiger partial charge on any atom is -0.381 e. The number of amides is 1. The van der Waals surface area contributed by atoms with E-state index in [9.17, 15) is 4.79 Å². The topological polar surface area (TPSA) is 38.3 Å². The highest BCUT2D eigenvalue weighted by molar-refractivity contribution is 5.75. The van der Waals surface area contributed by atoms with E-state index in [1.54, 1.807) is 0 Å².